The Bertz CT molecular complexity index is 1130. The molecule has 8 heteroatoms. The number of nitrogens with one attached hydrogen (secondary N) is 1. The third-order valence-corrected chi connectivity index (χ3v) is 8.88. The molecule has 7 nitrogen and oxygen atoms in total. The normalized spacial score (nSPS) is 16.1. The summed E-state index contributed by atoms with van der Waals surface area (Å²) in [6.07, 6.45) is 0.728. The number of sulfonamides is 1. The predicted molar refractivity (Wildman–Crippen MR) is 131 cm³/mol. The highest BCUT2D eigenvalue weighted by Crippen LogP contribution is 2.31. The van der Waals surface area contributed by atoms with Gasteiger partial charge in [-0.05, 0) is 75.3 Å². The van der Waals surface area contributed by atoms with Gasteiger partial charge in [0.1, 0.15) is 0 Å². The second-order valence-corrected chi connectivity index (χ2v) is 11.0. The largest absolute Gasteiger partial charge is 0.455 e. The Morgan fingerprint density at radius 1 is 1.03 bits per heavy atom. The number of carbonyl (C=O) groups is 2. The van der Waals surface area contributed by atoms with Gasteiger partial charge in [-0.2, -0.15) is 4.31 Å². The first kappa shape index (κ1) is 25.9. The minimum absolute atomic E-state index is 0.196. The Balaban J connectivity index is 1.54. The molecule has 1 N–H and O–H groups in total. The molecule has 0 bridgehead atoms. The smallest absolute Gasteiger partial charge is 0.309 e. The molecule has 1 heterocycles. The number of piperidine rings is 1. The average Bonchev–Trinajstić information content (AvgIpc) is 2.82. The van der Waals surface area contributed by atoms with Gasteiger partial charge in [0.2, 0.25) is 10.0 Å². The SMILES string of the molecule is Cc1cc(C)c(C)c(S(=O)(=O)N2CCC(C(=O)OCC(=O)NC(C)c3ccccc3)CC2)c1C. The van der Waals surface area contributed by atoms with Crippen molar-refractivity contribution in [3.63, 3.8) is 0 Å². The van der Waals surface area contributed by atoms with Crippen molar-refractivity contribution in [3.8, 4) is 0 Å². The summed E-state index contributed by atoms with van der Waals surface area (Å²) in [4.78, 5) is 25.1. The molecule has 0 aromatic heterocycles. The van der Waals surface area contributed by atoms with E-state index in [0.29, 0.717) is 17.7 Å². The van der Waals surface area contributed by atoms with Gasteiger partial charge < -0.3 is 10.1 Å². The lowest BCUT2D eigenvalue weighted by molar-refractivity contribution is -0.153. The van der Waals surface area contributed by atoms with Crippen LogP contribution in [0.3, 0.4) is 0 Å². The van der Waals surface area contributed by atoms with Gasteiger partial charge in [0.15, 0.2) is 6.61 Å². The summed E-state index contributed by atoms with van der Waals surface area (Å²) in [5.74, 6) is -1.25. The molecule has 34 heavy (non-hydrogen) atoms. The zero-order valence-corrected chi connectivity index (χ0v) is 21.4. The molecule has 0 aliphatic carbocycles. The molecule has 1 aliphatic heterocycles. The molecule has 1 aliphatic rings. The minimum Gasteiger partial charge on any atom is -0.455 e. The molecule has 0 saturated carbocycles. The van der Waals surface area contributed by atoms with E-state index in [0.717, 1.165) is 27.8 Å². The third kappa shape index (κ3) is 5.67. The number of ether oxygens (including phenoxy) is 1. The van der Waals surface area contributed by atoms with E-state index in [1.165, 1.54) is 4.31 Å². The van der Waals surface area contributed by atoms with Gasteiger partial charge >= 0.3 is 5.97 Å². The number of aryl methyl sites for hydroxylation is 2. The van der Waals surface area contributed by atoms with Gasteiger partial charge in [-0.3, -0.25) is 9.59 Å². The molecule has 184 valence electrons. The van der Waals surface area contributed by atoms with Crippen molar-refractivity contribution in [2.75, 3.05) is 19.7 Å². The van der Waals surface area contributed by atoms with Crippen LogP contribution in [0.2, 0.25) is 0 Å². The Hall–Kier alpha value is -2.71. The molecule has 0 radical (unpaired) electrons. The van der Waals surface area contributed by atoms with Gasteiger partial charge in [-0.15, -0.1) is 0 Å². The zero-order valence-electron chi connectivity index (χ0n) is 20.6. The van der Waals surface area contributed by atoms with E-state index in [1.54, 1.807) is 0 Å². The average molecular weight is 487 g/mol. The van der Waals surface area contributed by atoms with Crippen molar-refractivity contribution < 1.29 is 22.7 Å². The fourth-order valence-electron chi connectivity index (χ4n) is 4.39. The van der Waals surface area contributed by atoms with E-state index < -0.39 is 21.9 Å². The predicted octanol–water partition coefficient (Wildman–Crippen LogP) is 3.74. The molecule has 0 spiro atoms. The topological polar surface area (TPSA) is 92.8 Å². The Labute approximate surface area is 202 Å². The Morgan fingerprint density at radius 3 is 2.15 bits per heavy atom. The van der Waals surface area contributed by atoms with Crippen LogP contribution in [0.1, 0.15) is 53.6 Å². The van der Waals surface area contributed by atoms with E-state index in [-0.39, 0.29) is 31.6 Å². The van der Waals surface area contributed by atoms with Gasteiger partial charge in [0, 0.05) is 13.1 Å². The van der Waals surface area contributed by atoms with Crippen LogP contribution in [0.15, 0.2) is 41.3 Å². The maximum Gasteiger partial charge on any atom is 0.309 e. The molecule has 2 aromatic rings. The summed E-state index contributed by atoms with van der Waals surface area (Å²) in [5.41, 5.74) is 4.38. The van der Waals surface area contributed by atoms with Gasteiger partial charge in [-0.1, -0.05) is 36.4 Å². The van der Waals surface area contributed by atoms with E-state index in [2.05, 4.69) is 5.32 Å². The molecule has 1 amide bonds. The number of hydrogen-bond acceptors (Lipinski definition) is 5. The number of nitrogens with zero attached hydrogens (tertiary/aromatic N) is 1. The molecular formula is C26H34N2O5S. The molecule has 1 fully saturated rings. The van der Waals surface area contributed by atoms with Crippen LogP contribution in [0, 0.1) is 33.6 Å². The quantitative estimate of drug-likeness (QED) is 0.602. The summed E-state index contributed by atoms with van der Waals surface area (Å²) in [6.45, 7) is 9.50. The molecule has 1 unspecified atom stereocenters. The number of rotatable bonds is 7. The first-order chi connectivity index (χ1) is 16.0. The van der Waals surface area contributed by atoms with Crippen LogP contribution in [0.5, 0.6) is 0 Å². The standard InChI is InChI=1S/C26H34N2O5S/c1-17-15-18(2)20(4)25(19(17)3)34(31,32)28-13-11-23(12-14-28)26(30)33-16-24(29)27-21(5)22-9-7-6-8-10-22/h6-10,15,21,23H,11-14,16H2,1-5H3,(H,27,29). The first-order valence-electron chi connectivity index (χ1n) is 11.6. The van der Waals surface area contributed by atoms with Crippen molar-refractivity contribution in [1.29, 1.82) is 0 Å². The number of amides is 1. The monoisotopic (exact) mass is 486 g/mol. The lowest BCUT2D eigenvalue weighted by Crippen LogP contribution is -2.41. The van der Waals surface area contributed by atoms with Crippen molar-refractivity contribution >= 4 is 21.9 Å². The number of benzene rings is 2. The van der Waals surface area contributed by atoms with Crippen molar-refractivity contribution in [1.82, 2.24) is 9.62 Å². The van der Waals surface area contributed by atoms with Crippen molar-refractivity contribution in [3.05, 3.63) is 64.2 Å². The number of esters is 1. The number of carbonyl (C=O) groups excluding carboxylic acids is 2. The van der Waals surface area contributed by atoms with E-state index in [4.69, 9.17) is 4.74 Å². The van der Waals surface area contributed by atoms with Crippen molar-refractivity contribution in [2.45, 2.75) is 58.4 Å². The van der Waals surface area contributed by atoms with Gasteiger partial charge in [-0.25, -0.2) is 8.42 Å². The number of hydrogen-bond donors (Lipinski definition) is 1. The lowest BCUT2D eigenvalue weighted by Gasteiger charge is -2.31. The summed E-state index contributed by atoms with van der Waals surface area (Å²) < 4.78 is 33.5. The van der Waals surface area contributed by atoms with Crippen LogP contribution in [0.25, 0.3) is 0 Å². The lowest BCUT2D eigenvalue weighted by atomic mass is 9.98. The fraction of sp³-hybridized carbons (Fsp3) is 0.462. The maximum absolute atomic E-state index is 13.4. The van der Waals surface area contributed by atoms with E-state index in [1.807, 2.05) is 71.0 Å². The summed E-state index contributed by atoms with van der Waals surface area (Å²) in [5, 5.41) is 2.82. The van der Waals surface area contributed by atoms with Gasteiger partial charge in [0.05, 0.1) is 16.9 Å². The molecule has 3 rings (SSSR count). The summed E-state index contributed by atoms with van der Waals surface area (Å²) in [7, 11) is -3.67. The molecule has 1 saturated heterocycles. The summed E-state index contributed by atoms with van der Waals surface area (Å²) in [6, 6.07) is 11.3. The van der Waals surface area contributed by atoms with Gasteiger partial charge in [0.25, 0.3) is 5.91 Å². The maximum atomic E-state index is 13.4. The second-order valence-electron chi connectivity index (χ2n) is 9.08. The highest BCUT2D eigenvalue weighted by Gasteiger charge is 2.35. The van der Waals surface area contributed by atoms with Crippen LogP contribution in [0.4, 0.5) is 0 Å². The first-order valence-corrected chi connectivity index (χ1v) is 13.0. The highest BCUT2D eigenvalue weighted by molar-refractivity contribution is 7.89. The Kier molecular flexibility index (Phi) is 8.15. The van der Waals surface area contributed by atoms with E-state index in [9.17, 15) is 18.0 Å². The third-order valence-electron chi connectivity index (χ3n) is 6.70. The van der Waals surface area contributed by atoms with E-state index >= 15 is 0 Å². The minimum atomic E-state index is -3.67. The molecule has 2 aromatic carbocycles. The highest BCUT2D eigenvalue weighted by atomic mass is 32.2. The van der Waals surface area contributed by atoms with Crippen molar-refractivity contribution in [2.24, 2.45) is 5.92 Å². The molecule has 1 atom stereocenters. The van der Waals surface area contributed by atoms with Crippen LogP contribution in [-0.4, -0.2) is 44.3 Å². The molecular weight excluding hydrogens is 452 g/mol. The Morgan fingerprint density at radius 2 is 1.59 bits per heavy atom. The van der Waals surface area contributed by atoms with Crippen LogP contribution in [-0.2, 0) is 24.3 Å². The van der Waals surface area contributed by atoms with Crippen LogP contribution >= 0.6 is 0 Å². The zero-order chi connectivity index (χ0) is 25.0. The summed E-state index contributed by atoms with van der Waals surface area (Å²) >= 11 is 0. The fourth-order valence-corrected chi connectivity index (χ4v) is 6.44. The van der Waals surface area contributed by atoms with Crippen LogP contribution < -0.4 is 5.32 Å². The second kappa shape index (κ2) is 10.7.